The van der Waals surface area contributed by atoms with Gasteiger partial charge in [-0.1, -0.05) is 5.16 Å². The molecule has 0 bridgehead atoms. The number of carboxylic acids is 1. The summed E-state index contributed by atoms with van der Waals surface area (Å²) in [7, 11) is 0. The van der Waals surface area contributed by atoms with Crippen LogP contribution in [0.3, 0.4) is 0 Å². The summed E-state index contributed by atoms with van der Waals surface area (Å²) in [4.78, 5) is 21.5. The quantitative estimate of drug-likeness (QED) is 0.338. The second-order valence-electron chi connectivity index (χ2n) is 2.77. The molecule has 0 heterocycles. The van der Waals surface area contributed by atoms with Crippen LogP contribution < -0.4 is 5.32 Å². The maximum atomic E-state index is 10.9. The van der Waals surface area contributed by atoms with E-state index in [-0.39, 0.29) is 11.3 Å². The van der Waals surface area contributed by atoms with E-state index in [0.717, 1.165) is 12.1 Å². The first-order chi connectivity index (χ1) is 7.54. The fourth-order valence-corrected chi connectivity index (χ4v) is 1.02. The predicted molar refractivity (Wildman–Crippen MR) is 54.0 cm³/mol. The van der Waals surface area contributed by atoms with Gasteiger partial charge in [-0.2, -0.15) is 0 Å². The average Bonchev–Trinajstić information content (AvgIpc) is 2.17. The Hall–Kier alpha value is -2.57. The van der Waals surface area contributed by atoms with E-state index in [1.54, 1.807) is 0 Å². The van der Waals surface area contributed by atoms with Gasteiger partial charge in [0.1, 0.15) is 17.5 Å². The van der Waals surface area contributed by atoms with Crippen LogP contribution in [-0.2, 0) is 4.79 Å². The summed E-state index contributed by atoms with van der Waals surface area (Å²) in [6.45, 7) is 0. The molecule has 0 saturated heterocycles. The lowest BCUT2D eigenvalue weighted by Gasteiger charge is -2.04. The third-order valence-corrected chi connectivity index (χ3v) is 1.67. The Balaban J connectivity index is 2.89. The highest BCUT2D eigenvalue weighted by molar-refractivity contribution is 6.31. The lowest BCUT2D eigenvalue weighted by molar-refractivity contribution is -0.110. The predicted octanol–water partition coefficient (Wildman–Crippen LogP) is 0.489. The first kappa shape index (κ1) is 11.5. The second kappa shape index (κ2) is 4.78. The number of hydrogen-bond acceptors (Lipinski definition) is 5. The van der Waals surface area contributed by atoms with E-state index in [1.807, 2.05) is 0 Å². The highest BCUT2D eigenvalue weighted by atomic mass is 16.4. The molecule has 1 amide bonds. The van der Waals surface area contributed by atoms with Gasteiger partial charge in [0, 0.05) is 11.8 Å². The first-order valence-electron chi connectivity index (χ1n) is 4.09. The Morgan fingerprint density at radius 2 is 2.06 bits per heavy atom. The lowest BCUT2D eigenvalue weighted by Crippen LogP contribution is -2.12. The smallest absolute Gasteiger partial charge is 0.339 e. The summed E-state index contributed by atoms with van der Waals surface area (Å²) >= 11 is 0. The second-order valence-corrected chi connectivity index (χ2v) is 2.77. The minimum atomic E-state index is -1.27. The molecule has 84 valence electrons. The monoisotopic (exact) mass is 224 g/mol. The normalized spacial score (nSPS) is 10.2. The van der Waals surface area contributed by atoms with E-state index in [4.69, 9.17) is 10.3 Å². The van der Waals surface area contributed by atoms with E-state index in [9.17, 15) is 14.7 Å². The number of nitrogens with zero attached hydrogens (tertiary/aromatic N) is 1. The summed E-state index contributed by atoms with van der Waals surface area (Å²) in [5.74, 6) is -2.44. The Morgan fingerprint density at radius 1 is 1.38 bits per heavy atom. The minimum Gasteiger partial charge on any atom is -0.507 e. The fourth-order valence-electron chi connectivity index (χ4n) is 1.02. The number of amides is 1. The number of carbonyl (C=O) groups is 2. The molecule has 16 heavy (non-hydrogen) atoms. The summed E-state index contributed by atoms with van der Waals surface area (Å²) in [5, 5.41) is 30.7. The van der Waals surface area contributed by atoms with Crippen LogP contribution in [0.15, 0.2) is 23.4 Å². The van der Waals surface area contributed by atoms with Crippen molar-refractivity contribution in [2.24, 2.45) is 5.16 Å². The third kappa shape index (κ3) is 2.71. The number of carbonyl (C=O) groups excluding carboxylic acids is 1. The molecule has 0 aliphatic heterocycles. The lowest BCUT2D eigenvalue weighted by atomic mass is 10.2. The molecule has 0 aliphatic carbocycles. The number of oxime groups is 1. The average molecular weight is 224 g/mol. The van der Waals surface area contributed by atoms with E-state index >= 15 is 0 Å². The van der Waals surface area contributed by atoms with Gasteiger partial charge in [-0.05, 0) is 12.1 Å². The topological polar surface area (TPSA) is 119 Å². The van der Waals surface area contributed by atoms with E-state index in [0.29, 0.717) is 6.21 Å². The maximum absolute atomic E-state index is 10.9. The van der Waals surface area contributed by atoms with Crippen LogP contribution in [0.2, 0.25) is 0 Å². The molecule has 0 fully saturated rings. The number of carboxylic acid groups (broad SMARTS) is 1. The SMILES string of the molecule is O=C(/C=N/O)Nc1ccc(C(=O)O)c(O)c1. The Morgan fingerprint density at radius 3 is 2.56 bits per heavy atom. The zero-order valence-electron chi connectivity index (χ0n) is 7.91. The van der Waals surface area contributed by atoms with Crippen molar-refractivity contribution >= 4 is 23.8 Å². The fraction of sp³-hybridized carbons (Fsp3) is 0. The van der Waals surface area contributed by atoms with Crippen molar-refractivity contribution < 1.29 is 25.0 Å². The number of benzene rings is 1. The van der Waals surface area contributed by atoms with E-state index in [1.165, 1.54) is 6.07 Å². The van der Waals surface area contributed by atoms with Gasteiger partial charge in [0.05, 0.1) is 0 Å². The van der Waals surface area contributed by atoms with Gasteiger partial charge in [-0.25, -0.2) is 4.79 Å². The Bertz CT molecular complexity index is 455. The van der Waals surface area contributed by atoms with Crippen LogP contribution in [0.25, 0.3) is 0 Å². The summed E-state index contributed by atoms with van der Waals surface area (Å²) in [6, 6.07) is 3.52. The zero-order chi connectivity index (χ0) is 12.1. The molecule has 0 atom stereocenters. The van der Waals surface area contributed by atoms with Crippen molar-refractivity contribution in [1.29, 1.82) is 0 Å². The van der Waals surface area contributed by atoms with Crippen molar-refractivity contribution in [3.05, 3.63) is 23.8 Å². The van der Waals surface area contributed by atoms with Crippen LogP contribution in [0.1, 0.15) is 10.4 Å². The van der Waals surface area contributed by atoms with Gasteiger partial charge in [0.15, 0.2) is 0 Å². The number of nitrogens with one attached hydrogen (secondary N) is 1. The molecule has 0 aromatic heterocycles. The van der Waals surface area contributed by atoms with Crippen LogP contribution in [0.5, 0.6) is 5.75 Å². The zero-order valence-corrected chi connectivity index (χ0v) is 7.91. The molecule has 7 heteroatoms. The van der Waals surface area contributed by atoms with Crippen molar-refractivity contribution in [3.63, 3.8) is 0 Å². The number of phenols is 1. The molecule has 1 aromatic rings. The largest absolute Gasteiger partial charge is 0.507 e. The van der Waals surface area contributed by atoms with Gasteiger partial charge >= 0.3 is 5.97 Å². The van der Waals surface area contributed by atoms with Crippen molar-refractivity contribution in [1.82, 2.24) is 0 Å². The van der Waals surface area contributed by atoms with Crippen LogP contribution in [0, 0.1) is 0 Å². The van der Waals surface area contributed by atoms with Gasteiger partial charge in [-0.3, -0.25) is 4.79 Å². The van der Waals surface area contributed by atoms with Crippen molar-refractivity contribution in [2.75, 3.05) is 5.32 Å². The molecular formula is C9H8N2O5. The number of anilines is 1. The van der Waals surface area contributed by atoms with Gasteiger partial charge in [-0.15, -0.1) is 0 Å². The molecule has 0 spiro atoms. The molecule has 1 aromatic carbocycles. The van der Waals surface area contributed by atoms with Crippen LogP contribution in [-0.4, -0.2) is 33.5 Å². The highest BCUT2D eigenvalue weighted by Crippen LogP contribution is 2.21. The summed E-state index contributed by atoms with van der Waals surface area (Å²) in [6.07, 6.45) is 0.627. The Kier molecular flexibility index (Phi) is 3.44. The van der Waals surface area contributed by atoms with Crippen LogP contribution >= 0.6 is 0 Å². The number of aromatic hydroxyl groups is 1. The van der Waals surface area contributed by atoms with Crippen LogP contribution in [0.4, 0.5) is 5.69 Å². The molecule has 0 saturated carbocycles. The standard InChI is InChI=1S/C9H8N2O5/c12-7-3-5(11-8(13)4-10-16)1-2-6(7)9(14)15/h1-4,12,16H,(H,11,13)(H,14,15)/b10-4+. The van der Waals surface area contributed by atoms with Gasteiger partial charge in [0.2, 0.25) is 0 Å². The minimum absolute atomic E-state index is 0.187. The molecule has 7 nitrogen and oxygen atoms in total. The van der Waals surface area contributed by atoms with E-state index < -0.39 is 17.6 Å². The molecule has 1 rings (SSSR count). The van der Waals surface area contributed by atoms with E-state index in [2.05, 4.69) is 10.5 Å². The molecule has 0 unspecified atom stereocenters. The molecule has 4 N–H and O–H groups in total. The third-order valence-electron chi connectivity index (χ3n) is 1.67. The summed E-state index contributed by atoms with van der Waals surface area (Å²) < 4.78 is 0. The van der Waals surface area contributed by atoms with Crippen molar-refractivity contribution in [2.45, 2.75) is 0 Å². The maximum Gasteiger partial charge on any atom is 0.339 e. The highest BCUT2D eigenvalue weighted by Gasteiger charge is 2.10. The van der Waals surface area contributed by atoms with Gasteiger partial charge in [0.25, 0.3) is 5.91 Å². The van der Waals surface area contributed by atoms with Gasteiger partial charge < -0.3 is 20.7 Å². The summed E-state index contributed by atoms with van der Waals surface area (Å²) in [5.41, 5.74) is -0.0822. The Labute approximate surface area is 89.6 Å². The number of rotatable bonds is 3. The molecular weight excluding hydrogens is 216 g/mol. The van der Waals surface area contributed by atoms with Crippen molar-refractivity contribution in [3.8, 4) is 5.75 Å². The number of hydrogen-bond donors (Lipinski definition) is 4. The molecule has 0 aliphatic rings. The number of aromatic carboxylic acids is 1. The first-order valence-corrected chi connectivity index (χ1v) is 4.09. The molecule has 0 radical (unpaired) electrons.